The van der Waals surface area contributed by atoms with Gasteiger partial charge in [0, 0.05) is 12.1 Å². The van der Waals surface area contributed by atoms with Crippen LogP contribution in [-0.4, -0.2) is 48.1 Å². The summed E-state index contributed by atoms with van der Waals surface area (Å²) >= 11 is 0. The summed E-state index contributed by atoms with van der Waals surface area (Å²) in [5, 5.41) is 0. The topological polar surface area (TPSA) is 6.48 Å². The maximum Gasteiger partial charge on any atom is 0.0295 e. The summed E-state index contributed by atoms with van der Waals surface area (Å²) in [6.45, 7) is 5.10. The molecule has 2 aliphatic rings. The van der Waals surface area contributed by atoms with Gasteiger partial charge in [0.2, 0.25) is 0 Å². The minimum Gasteiger partial charge on any atom is -0.298 e. The fourth-order valence-electron chi connectivity index (χ4n) is 5.23. The van der Waals surface area contributed by atoms with Crippen LogP contribution in [0.4, 0.5) is 0 Å². The van der Waals surface area contributed by atoms with Crippen LogP contribution in [0.15, 0.2) is 60.7 Å². The number of likely N-dealkylation sites (tertiary alicyclic amines) is 2. The van der Waals surface area contributed by atoms with Crippen molar-refractivity contribution < 1.29 is 0 Å². The van der Waals surface area contributed by atoms with Crippen molar-refractivity contribution in [2.45, 2.75) is 63.5 Å². The van der Waals surface area contributed by atoms with Crippen LogP contribution in [0.5, 0.6) is 0 Å². The predicted molar refractivity (Wildman–Crippen MR) is 119 cm³/mol. The standard InChI is InChI=1S/C26H36N2/c1-5-13-23(14-6-1)21-25(27-17-9-3-10-18-27)26(28-19-11-4-12-20-28)22-24-15-7-2-8-16-24/h1-2,5-8,13-16,25-26H,3-4,9-12,17-22H2. The average molecular weight is 377 g/mol. The minimum absolute atomic E-state index is 0.612. The molecule has 2 aliphatic heterocycles. The van der Waals surface area contributed by atoms with Crippen molar-refractivity contribution >= 4 is 0 Å². The highest BCUT2D eigenvalue weighted by Gasteiger charge is 2.33. The number of hydrogen-bond acceptors (Lipinski definition) is 2. The van der Waals surface area contributed by atoms with Crippen molar-refractivity contribution in [2.24, 2.45) is 0 Å². The van der Waals surface area contributed by atoms with Crippen LogP contribution in [0, 0.1) is 0 Å². The Morgan fingerprint density at radius 3 is 1.21 bits per heavy atom. The highest BCUT2D eigenvalue weighted by molar-refractivity contribution is 5.20. The van der Waals surface area contributed by atoms with E-state index < -0.39 is 0 Å². The third kappa shape index (κ3) is 5.24. The van der Waals surface area contributed by atoms with Crippen LogP contribution in [-0.2, 0) is 12.8 Å². The van der Waals surface area contributed by atoms with E-state index in [4.69, 9.17) is 0 Å². The van der Waals surface area contributed by atoms with E-state index in [2.05, 4.69) is 70.5 Å². The smallest absolute Gasteiger partial charge is 0.0295 e. The van der Waals surface area contributed by atoms with E-state index in [1.165, 1.54) is 88.7 Å². The van der Waals surface area contributed by atoms with Crippen LogP contribution in [0.1, 0.15) is 49.7 Å². The molecule has 150 valence electrons. The molecule has 2 aromatic carbocycles. The zero-order valence-electron chi connectivity index (χ0n) is 17.3. The first-order chi connectivity index (χ1) is 13.9. The molecule has 2 nitrogen and oxygen atoms in total. The summed E-state index contributed by atoms with van der Waals surface area (Å²) < 4.78 is 0. The molecule has 2 atom stereocenters. The lowest BCUT2D eigenvalue weighted by Crippen LogP contribution is -2.56. The van der Waals surface area contributed by atoms with Crippen molar-refractivity contribution in [3.63, 3.8) is 0 Å². The molecule has 0 aromatic heterocycles. The van der Waals surface area contributed by atoms with Gasteiger partial charge in [-0.05, 0) is 75.8 Å². The fourth-order valence-corrected chi connectivity index (χ4v) is 5.23. The van der Waals surface area contributed by atoms with E-state index in [9.17, 15) is 0 Å². The van der Waals surface area contributed by atoms with Crippen molar-refractivity contribution in [3.05, 3.63) is 71.8 Å². The molecule has 0 radical (unpaired) electrons. The number of rotatable bonds is 7. The zero-order valence-corrected chi connectivity index (χ0v) is 17.3. The SMILES string of the molecule is c1ccc(CC(C(Cc2ccccc2)N2CCCCC2)N2CCCCC2)cc1. The second-order valence-electron chi connectivity index (χ2n) is 8.71. The van der Waals surface area contributed by atoms with Crippen LogP contribution in [0.25, 0.3) is 0 Å². The molecule has 4 rings (SSSR count). The Bertz CT molecular complexity index is 611. The Balaban J connectivity index is 1.62. The van der Waals surface area contributed by atoms with Crippen molar-refractivity contribution in [1.29, 1.82) is 0 Å². The molecule has 0 N–H and O–H groups in total. The molecule has 2 aromatic rings. The number of hydrogen-bond donors (Lipinski definition) is 0. The molecular weight excluding hydrogens is 340 g/mol. The molecule has 28 heavy (non-hydrogen) atoms. The van der Waals surface area contributed by atoms with Crippen LogP contribution in [0.2, 0.25) is 0 Å². The van der Waals surface area contributed by atoms with Crippen LogP contribution < -0.4 is 0 Å². The van der Waals surface area contributed by atoms with E-state index in [0.29, 0.717) is 12.1 Å². The van der Waals surface area contributed by atoms with Crippen molar-refractivity contribution in [2.75, 3.05) is 26.2 Å². The second kappa shape index (κ2) is 10.2. The number of piperidine rings is 2. The maximum absolute atomic E-state index is 2.83. The summed E-state index contributed by atoms with van der Waals surface area (Å²) in [6, 6.07) is 23.6. The van der Waals surface area contributed by atoms with Gasteiger partial charge in [0.15, 0.2) is 0 Å². The summed E-state index contributed by atoms with van der Waals surface area (Å²) in [5.41, 5.74) is 2.99. The van der Waals surface area contributed by atoms with Crippen molar-refractivity contribution in [1.82, 2.24) is 9.80 Å². The van der Waals surface area contributed by atoms with E-state index in [1.807, 2.05) is 0 Å². The molecule has 0 bridgehead atoms. The van der Waals surface area contributed by atoms with Crippen LogP contribution >= 0.6 is 0 Å². The fraction of sp³-hybridized carbons (Fsp3) is 0.538. The van der Waals surface area contributed by atoms with Gasteiger partial charge in [-0.3, -0.25) is 9.80 Å². The van der Waals surface area contributed by atoms with E-state index in [0.717, 1.165) is 0 Å². The molecule has 0 aliphatic carbocycles. The third-order valence-corrected chi connectivity index (χ3v) is 6.74. The highest BCUT2D eigenvalue weighted by atomic mass is 15.2. The third-order valence-electron chi connectivity index (χ3n) is 6.74. The van der Waals surface area contributed by atoms with Gasteiger partial charge in [0.05, 0.1) is 0 Å². The van der Waals surface area contributed by atoms with E-state index >= 15 is 0 Å². The monoisotopic (exact) mass is 376 g/mol. The van der Waals surface area contributed by atoms with E-state index in [-0.39, 0.29) is 0 Å². The summed E-state index contributed by atoms with van der Waals surface area (Å²) in [5.74, 6) is 0. The van der Waals surface area contributed by atoms with Gasteiger partial charge in [-0.2, -0.15) is 0 Å². The van der Waals surface area contributed by atoms with Crippen LogP contribution in [0.3, 0.4) is 0 Å². The van der Waals surface area contributed by atoms with Gasteiger partial charge >= 0.3 is 0 Å². The molecule has 2 fully saturated rings. The first kappa shape index (κ1) is 19.7. The molecule has 2 heteroatoms. The molecule has 2 saturated heterocycles. The maximum atomic E-state index is 2.83. The van der Waals surface area contributed by atoms with Crippen molar-refractivity contribution in [3.8, 4) is 0 Å². The largest absolute Gasteiger partial charge is 0.298 e. The summed E-state index contributed by atoms with van der Waals surface area (Å²) in [6.07, 6.45) is 10.6. The van der Waals surface area contributed by atoms with Gasteiger partial charge in [0.1, 0.15) is 0 Å². The van der Waals surface area contributed by atoms with Gasteiger partial charge in [-0.15, -0.1) is 0 Å². The lowest BCUT2D eigenvalue weighted by atomic mass is 9.89. The second-order valence-corrected chi connectivity index (χ2v) is 8.71. The molecule has 0 saturated carbocycles. The normalized spacial score (nSPS) is 21.3. The molecule has 0 spiro atoms. The quantitative estimate of drug-likeness (QED) is 0.657. The van der Waals surface area contributed by atoms with Gasteiger partial charge < -0.3 is 0 Å². The predicted octanol–water partition coefficient (Wildman–Crippen LogP) is 5.18. The summed E-state index contributed by atoms with van der Waals surface area (Å²) in [4.78, 5) is 5.66. The molecular formula is C26H36N2. The number of nitrogens with zero attached hydrogens (tertiary/aromatic N) is 2. The Morgan fingerprint density at radius 1 is 0.500 bits per heavy atom. The Labute approximate surface area is 171 Å². The van der Waals surface area contributed by atoms with Gasteiger partial charge in [0.25, 0.3) is 0 Å². The van der Waals surface area contributed by atoms with Gasteiger partial charge in [-0.1, -0.05) is 73.5 Å². The Morgan fingerprint density at radius 2 is 0.857 bits per heavy atom. The lowest BCUT2D eigenvalue weighted by Gasteiger charge is -2.45. The first-order valence-corrected chi connectivity index (χ1v) is 11.5. The van der Waals surface area contributed by atoms with Gasteiger partial charge in [-0.25, -0.2) is 0 Å². The highest BCUT2D eigenvalue weighted by Crippen LogP contribution is 2.26. The summed E-state index contributed by atoms with van der Waals surface area (Å²) in [7, 11) is 0. The lowest BCUT2D eigenvalue weighted by molar-refractivity contribution is 0.0530. The average Bonchev–Trinajstić information content (AvgIpc) is 2.79. The molecule has 2 heterocycles. The first-order valence-electron chi connectivity index (χ1n) is 11.5. The Kier molecular flexibility index (Phi) is 7.18. The molecule has 0 amide bonds. The number of benzene rings is 2. The van der Waals surface area contributed by atoms with E-state index in [1.54, 1.807) is 0 Å². The minimum atomic E-state index is 0.612. The Hall–Kier alpha value is -1.64. The zero-order chi connectivity index (χ0) is 19.0. The molecule has 2 unspecified atom stereocenters.